The van der Waals surface area contributed by atoms with Crippen LogP contribution in [0.1, 0.15) is 39.7 Å². The van der Waals surface area contributed by atoms with Crippen molar-refractivity contribution in [3.05, 3.63) is 59.4 Å². The third-order valence-electron chi connectivity index (χ3n) is 5.60. The minimum atomic E-state index is -4.84. The molecule has 11 heteroatoms. The Morgan fingerprint density at radius 1 is 1.23 bits per heavy atom. The second-order valence-corrected chi connectivity index (χ2v) is 10.7. The summed E-state index contributed by atoms with van der Waals surface area (Å²) in [5, 5.41) is 4.57. The Morgan fingerprint density at radius 3 is 2.54 bits per heavy atom. The maximum atomic E-state index is 12.7. The number of nitrogens with one attached hydrogen (secondary N) is 1. The molecule has 0 amide bonds. The van der Waals surface area contributed by atoms with Gasteiger partial charge in [0.25, 0.3) is 0 Å². The highest BCUT2D eigenvalue weighted by atomic mass is 32.2. The van der Waals surface area contributed by atoms with Crippen LogP contribution in [-0.2, 0) is 26.9 Å². The molecule has 1 unspecified atom stereocenters. The van der Waals surface area contributed by atoms with E-state index in [9.17, 15) is 26.4 Å². The number of sulfonamides is 1. The second kappa shape index (κ2) is 9.98. The lowest BCUT2D eigenvalue weighted by molar-refractivity contribution is -0.107. The lowest BCUT2D eigenvalue weighted by Crippen LogP contribution is -2.44. The van der Waals surface area contributed by atoms with E-state index in [1.54, 1.807) is 47.2 Å². The molecule has 1 N–H and O–H groups in total. The Bertz CT molecular complexity index is 1260. The van der Waals surface area contributed by atoms with Crippen molar-refractivity contribution in [2.75, 3.05) is 5.75 Å². The molecule has 1 aromatic carbocycles. The molecule has 0 bridgehead atoms. The van der Waals surface area contributed by atoms with Gasteiger partial charge in [-0.1, -0.05) is 31.2 Å². The van der Waals surface area contributed by atoms with Gasteiger partial charge in [0.05, 0.1) is 11.2 Å². The number of carbonyl (C=O) groups excluding carboxylic acids is 1. The highest BCUT2D eigenvalue weighted by Gasteiger charge is 2.38. The van der Waals surface area contributed by atoms with E-state index in [2.05, 4.69) is 9.82 Å². The first kappa shape index (κ1) is 26.7. The number of carbonyl (C=O) groups is 1. The summed E-state index contributed by atoms with van der Waals surface area (Å²) < 4.78 is 71.9. The molecule has 0 saturated carbocycles. The van der Waals surface area contributed by atoms with Crippen molar-refractivity contribution in [2.45, 2.75) is 52.4 Å². The minimum absolute atomic E-state index is 0.0324. The molecule has 0 aliphatic heterocycles. The summed E-state index contributed by atoms with van der Waals surface area (Å²) in [4.78, 5) is 11.1. The lowest BCUT2D eigenvalue weighted by atomic mass is 9.93. The fourth-order valence-electron chi connectivity index (χ4n) is 3.82. The van der Waals surface area contributed by atoms with Gasteiger partial charge in [0.15, 0.2) is 5.75 Å². The van der Waals surface area contributed by atoms with Gasteiger partial charge in [-0.25, -0.2) is 17.8 Å². The van der Waals surface area contributed by atoms with Crippen molar-refractivity contribution in [2.24, 2.45) is 5.92 Å². The molecule has 2 aromatic rings. The van der Waals surface area contributed by atoms with Crippen molar-refractivity contribution >= 4 is 16.3 Å². The number of nitrogens with zero attached hydrogens (tertiary/aromatic N) is 2. The molecule has 1 aromatic heterocycles. The van der Waals surface area contributed by atoms with Crippen molar-refractivity contribution in [3.63, 3.8) is 0 Å². The van der Waals surface area contributed by atoms with Gasteiger partial charge < -0.3 is 4.74 Å². The fourth-order valence-corrected chi connectivity index (χ4v) is 5.22. The molecule has 7 nitrogen and oxygen atoms in total. The SMILES string of the molecule is CCn1nc(-c2cccc(C(C)(C)NS(=O)(=O)CC(F)(F)F)c2)cc1OC1=CC=C(C=O)C(C)C1. The third kappa shape index (κ3) is 6.82. The number of alkyl halides is 3. The van der Waals surface area contributed by atoms with Gasteiger partial charge in [-0.05, 0) is 50.0 Å². The topological polar surface area (TPSA) is 90.3 Å². The molecule has 35 heavy (non-hydrogen) atoms. The Kier molecular flexibility index (Phi) is 7.61. The normalized spacial score (nSPS) is 17.1. The lowest BCUT2D eigenvalue weighted by Gasteiger charge is -2.27. The van der Waals surface area contributed by atoms with Gasteiger partial charge in [0.2, 0.25) is 15.9 Å². The van der Waals surface area contributed by atoms with Crippen molar-refractivity contribution in [3.8, 4) is 17.1 Å². The van der Waals surface area contributed by atoms with Crippen LogP contribution in [0.5, 0.6) is 5.88 Å². The maximum absolute atomic E-state index is 12.7. The van der Waals surface area contributed by atoms with Gasteiger partial charge in [-0.2, -0.15) is 18.3 Å². The third-order valence-corrected chi connectivity index (χ3v) is 7.13. The average molecular weight is 512 g/mol. The predicted octanol–water partition coefficient (Wildman–Crippen LogP) is 4.71. The molecule has 1 heterocycles. The second-order valence-electron chi connectivity index (χ2n) is 8.99. The van der Waals surface area contributed by atoms with Gasteiger partial charge in [0, 0.05) is 24.6 Å². The number of hydrogen-bond acceptors (Lipinski definition) is 5. The summed E-state index contributed by atoms with van der Waals surface area (Å²) in [6, 6.07) is 8.53. The van der Waals surface area contributed by atoms with Crippen LogP contribution in [0.3, 0.4) is 0 Å². The largest absolute Gasteiger partial charge is 0.444 e. The summed E-state index contributed by atoms with van der Waals surface area (Å²) in [7, 11) is -4.60. The number of benzene rings is 1. The van der Waals surface area contributed by atoms with Crippen molar-refractivity contribution in [1.82, 2.24) is 14.5 Å². The molecular weight excluding hydrogens is 483 g/mol. The average Bonchev–Trinajstić information content (AvgIpc) is 3.14. The van der Waals surface area contributed by atoms with Crippen LogP contribution in [-0.4, -0.2) is 36.4 Å². The molecule has 0 spiro atoms. The van der Waals surface area contributed by atoms with Crippen LogP contribution in [0.2, 0.25) is 0 Å². The first-order valence-corrected chi connectivity index (χ1v) is 12.7. The van der Waals surface area contributed by atoms with Crippen LogP contribution in [0.15, 0.2) is 53.8 Å². The Balaban J connectivity index is 1.87. The standard InChI is InChI=1S/C24H28F3N3O4S/c1-5-30-22(34-20-10-9-18(14-31)16(2)11-20)13-21(28-30)17-7-6-8-19(12-17)23(3,4)29-35(32,33)15-24(25,26)27/h6-10,12-14,16,29H,5,11,15H2,1-4H3. The van der Waals surface area contributed by atoms with Crippen LogP contribution >= 0.6 is 0 Å². The van der Waals surface area contributed by atoms with E-state index in [1.807, 2.05) is 13.8 Å². The number of rotatable bonds is 9. The van der Waals surface area contributed by atoms with E-state index in [1.165, 1.54) is 13.8 Å². The summed E-state index contributed by atoms with van der Waals surface area (Å²) >= 11 is 0. The fraction of sp³-hybridized carbons (Fsp3) is 0.417. The summed E-state index contributed by atoms with van der Waals surface area (Å²) in [6.45, 7) is 7.36. The zero-order chi connectivity index (χ0) is 26.0. The molecule has 0 saturated heterocycles. The van der Waals surface area contributed by atoms with E-state index in [0.717, 1.165) is 6.29 Å². The Hall–Kier alpha value is -2.92. The maximum Gasteiger partial charge on any atom is 0.404 e. The Labute approximate surface area is 202 Å². The molecule has 0 radical (unpaired) electrons. The number of aryl methyl sites for hydroxylation is 1. The summed E-state index contributed by atoms with van der Waals surface area (Å²) in [5.74, 6) is -0.731. The van der Waals surface area contributed by atoms with E-state index in [-0.39, 0.29) is 5.92 Å². The first-order valence-electron chi connectivity index (χ1n) is 11.0. The molecule has 0 fully saturated rings. The number of aromatic nitrogens is 2. The number of aldehydes is 1. The molecule has 3 rings (SSSR count). The summed E-state index contributed by atoms with van der Waals surface area (Å²) in [5.41, 5.74) is 1.10. The highest BCUT2D eigenvalue weighted by molar-refractivity contribution is 7.89. The van der Waals surface area contributed by atoms with Crippen molar-refractivity contribution < 1.29 is 31.1 Å². The number of ether oxygens (including phenoxy) is 1. The van der Waals surface area contributed by atoms with E-state index in [0.29, 0.717) is 47.0 Å². The van der Waals surface area contributed by atoms with Crippen LogP contribution in [0.4, 0.5) is 13.2 Å². The van der Waals surface area contributed by atoms with Gasteiger partial charge in [-0.15, -0.1) is 0 Å². The first-order chi connectivity index (χ1) is 16.2. The number of halogens is 3. The zero-order valence-electron chi connectivity index (χ0n) is 19.9. The number of allylic oxidation sites excluding steroid dienone is 4. The molecule has 1 aliphatic rings. The monoisotopic (exact) mass is 511 g/mol. The molecule has 1 aliphatic carbocycles. The predicted molar refractivity (Wildman–Crippen MR) is 126 cm³/mol. The quantitative estimate of drug-likeness (QED) is 0.493. The van der Waals surface area contributed by atoms with Gasteiger partial charge >= 0.3 is 6.18 Å². The van der Waals surface area contributed by atoms with Crippen molar-refractivity contribution in [1.29, 1.82) is 0 Å². The van der Waals surface area contributed by atoms with E-state index < -0.39 is 27.5 Å². The van der Waals surface area contributed by atoms with Gasteiger partial charge in [0.1, 0.15) is 12.0 Å². The Morgan fingerprint density at radius 2 is 1.94 bits per heavy atom. The molecular formula is C24H28F3N3O4S. The zero-order valence-corrected chi connectivity index (χ0v) is 20.7. The molecule has 1 atom stereocenters. The highest BCUT2D eigenvalue weighted by Crippen LogP contribution is 2.31. The van der Waals surface area contributed by atoms with E-state index in [4.69, 9.17) is 4.74 Å². The smallest absolute Gasteiger partial charge is 0.404 e. The van der Waals surface area contributed by atoms with E-state index >= 15 is 0 Å². The summed E-state index contributed by atoms with van der Waals surface area (Å²) in [6.07, 6.45) is 0.0476. The van der Waals surface area contributed by atoms with Gasteiger partial charge in [-0.3, -0.25) is 4.79 Å². The minimum Gasteiger partial charge on any atom is -0.444 e. The van der Waals surface area contributed by atoms with Crippen LogP contribution in [0.25, 0.3) is 11.3 Å². The van der Waals surface area contributed by atoms with Crippen LogP contribution in [0, 0.1) is 5.92 Å². The van der Waals surface area contributed by atoms with Crippen LogP contribution < -0.4 is 9.46 Å². The molecule has 190 valence electrons. The number of hydrogen-bond donors (Lipinski definition) is 1.